The highest BCUT2D eigenvalue weighted by atomic mass is 16.5. The number of rotatable bonds is 6. The van der Waals surface area contributed by atoms with Crippen LogP contribution < -0.4 is 10.5 Å². The molecule has 0 bridgehead atoms. The van der Waals surface area contributed by atoms with Crippen molar-refractivity contribution < 1.29 is 23.8 Å². The van der Waals surface area contributed by atoms with Gasteiger partial charge < -0.3 is 19.9 Å². The maximum absolute atomic E-state index is 11.7. The number of benzene rings is 1. The summed E-state index contributed by atoms with van der Waals surface area (Å²) in [6.45, 7) is 2.72. The number of esters is 1. The van der Waals surface area contributed by atoms with E-state index in [1.54, 1.807) is 24.3 Å². The number of carbonyl (C=O) groups excluding carboxylic acids is 2. The van der Waals surface area contributed by atoms with E-state index in [1.165, 1.54) is 6.92 Å². The summed E-state index contributed by atoms with van der Waals surface area (Å²) in [5, 5.41) is 0. The molecule has 2 rings (SSSR count). The molecule has 114 valence electrons. The molecule has 0 aliphatic carbocycles. The molecule has 0 unspecified atom stereocenters. The van der Waals surface area contributed by atoms with Gasteiger partial charge in [0, 0.05) is 6.61 Å². The average Bonchev–Trinajstić information content (AvgIpc) is 2.98. The second-order valence-electron chi connectivity index (χ2n) is 4.92. The van der Waals surface area contributed by atoms with Crippen molar-refractivity contribution in [2.75, 3.05) is 13.2 Å². The molecule has 1 aromatic rings. The Balaban J connectivity index is 1.85. The number of amides is 1. The maximum atomic E-state index is 11.7. The predicted octanol–water partition coefficient (Wildman–Crippen LogP) is 1.27. The molecule has 2 N–H and O–H groups in total. The Morgan fingerprint density at radius 1 is 1.38 bits per heavy atom. The highest BCUT2D eigenvalue weighted by Crippen LogP contribution is 2.17. The lowest BCUT2D eigenvalue weighted by Gasteiger charge is -2.12. The van der Waals surface area contributed by atoms with E-state index in [4.69, 9.17) is 19.9 Å². The Hall–Kier alpha value is -2.08. The summed E-state index contributed by atoms with van der Waals surface area (Å²) in [6, 6.07) is 6.53. The quantitative estimate of drug-likeness (QED) is 0.798. The monoisotopic (exact) mass is 293 g/mol. The third kappa shape index (κ3) is 4.46. The SMILES string of the molecule is C[C@H](OC(=O)c1ccc(OC[C@@H]2CCCO2)cc1)C(N)=O. The first-order valence-corrected chi connectivity index (χ1v) is 6.91. The van der Waals surface area contributed by atoms with Crippen LogP contribution in [-0.2, 0) is 14.3 Å². The van der Waals surface area contributed by atoms with Gasteiger partial charge in [0.15, 0.2) is 6.10 Å². The van der Waals surface area contributed by atoms with Gasteiger partial charge in [0.25, 0.3) is 5.91 Å². The number of ether oxygens (including phenoxy) is 3. The zero-order valence-corrected chi connectivity index (χ0v) is 11.9. The van der Waals surface area contributed by atoms with Crippen molar-refractivity contribution in [3.8, 4) is 5.75 Å². The van der Waals surface area contributed by atoms with E-state index < -0.39 is 18.0 Å². The van der Waals surface area contributed by atoms with Crippen molar-refractivity contribution in [3.05, 3.63) is 29.8 Å². The van der Waals surface area contributed by atoms with Gasteiger partial charge in [0.2, 0.25) is 0 Å². The second-order valence-corrected chi connectivity index (χ2v) is 4.92. The van der Waals surface area contributed by atoms with Gasteiger partial charge in [0.1, 0.15) is 12.4 Å². The molecule has 1 fully saturated rings. The van der Waals surface area contributed by atoms with Crippen molar-refractivity contribution >= 4 is 11.9 Å². The van der Waals surface area contributed by atoms with Gasteiger partial charge in [-0.3, -0.25) is 4.79 Å². The fourth-order valence-corrected chi connectivity index (χ4v) is 1.94. The number of hydrogen-bond donors (Lipinski definition) is 1. The molecule has 1 heterocycles. The first-order chi connectivity index (χ1) is 10.1. The Morgan fingerprint density at radius 2 is 2.10 bits per heavy atom. The van der Waals surface area contributed by atoms with Crippen LogP contribution in [0.25, 0.3) is 0 Å². The molecule has 0 saturated carbocycles. The summed E-state index contributed by atoms with van der Waals surface area (Å²) >= 11 is 0. The minimum atomic E-state index is -0.951. The van der Waals surface area contributed by atoms with Gasteiger partial charge in [-0.1, -0.05) is 0 Å². The summed E-state index contributed by atoms with van der Waals surface area (Å²) in [5.41, 5.74) is 5.38. The fraction of sp³-hybridized carbons (Fsp3) is 0.467. The lowest BCUT2D eigenvalue weighted by molar-refractivity contribution is -0.125. The van der Waals surface area contributed by atoms with E-state index in [1.807, 2.05) is 0 Å². The minimum Gasteiger partial charge on any atom is -0.491 e. The summed E-state index contributed by atoms with van der Waals surface area (Å²) in [4.78, 5) is 22.6. The van der Waals surface area contributed by atoms with Gasteiger partial charge in [-0.2, -0.15) is 0 Å². The summed E-state index contributed by atoms with van der Waals surface area (Å²) < 4.78 is 16.0. The molecule has 1 amide bonds. The third-order valence-electron chi connectivity index (χ3n) is 3.23. The molecule has 0 spiro atoms. The molecule has 21 heavy (non-hydrogen) atoms. The molecule has 1 aliphatic rings. The Labute approximate surface area is 123 Å². The molecular weight excluding hydrogens is 274 g/mol. The second kappa shape index (κ2) is 7.08. The standard InChI is InChI=1S/C15H19NO5/c1-10(14(16)17)21-15(18)11-4-6-12(7-5-11)20-9-13-3-2-8-19-13/h4-7,10,13H,2-3,8-9H2,1H3,(H2,16,17)/t10-,13-/m0/s1. The Kier molecular flexibility index (Phi) is 5.16. The minimum absolute atomic E-state index is 0.144. The van der Waals surface area contributed by atoms with E-state index >= 15 is 0 Å². The van der Waals surface area contributed by atoms with Gasteiger partial charge in [-0.25, -0.2) is 4.79 Å². The van der Waals surface area contributed by atoms with Crippen LogP contribution in [0.2, 0.25) is 0 Å². The molecule has 0 radical (unpaired) electrons. The highest BCUT2D eigenvalue weighted by Gasteiger charge is 2.17. The Morgan fingerprint density at radius 3 is 2.67 bits per heavy atom. The molecule has 0 aromatic heterocycles. The van der Waals surface area contributed by atoms with Crippen LogP contribution in [-0.4, -0.2) is 37.3 Å². The van der Waals surface area contributed by atoms with Crippen LogP contribution >= 0.6 is 0 Å². The number of nitrogens with two attached hydrogens (primary N) is 1. The van der Waals surface area contributed by atoms with Crippen molar-refractivity contribution in [1.29, 1.82) is 0 Å². The normalized spacial score (nSPS) is 19.0. The summed E-state index contributed by atoms with van der Waals surface area (Å²) in [5.74, 6) is -0.614. The Bertz CT molecular complexity index is 493. The van der Waals surface area contributed by atoms with E-state index in [2.05, 4.69) is 0 Å². The van der Waals surface area contributed by atoms with Crippen LogP contribution in [0, 0.1) is 0 Å². The lowest BCUT2D eigenvalue weighted by atomic mass is 10.2. The molecule has 6 heteroatoms. The van der Waals surface area contributed by atoms with E-state index in [9.17, 15) is 9.59 Å². The smallest absolute Gasteiger partial charge is 0.338 e. The molecule has 6 nitrogen and oxygen atoms in total. The van der Waals surface area contributed by atoms with Crippen molar-refractivity contribution in [3.63, 3.8) is 0 Å². The fourth-order valence-electron chi connectivity index (χ4n) is 1.94. The van der Waals surface area contributed by atoms with E-state index in [0.717, 1.165) is 19.4 Å². The summed E-state index contributed by atoms with van der Waals surface area (Å²) in [7, 11) is 0. The lowest BCUT2D eigenvalue weighted by Crippen LogP contribution is -2.30. The third-order valence-corrected chi connectivity index (χ3v) is 3.23. The largest absolute Gasteiger partial charge is 0.491 e. The number of primary amides is 1. The first kappa shape index (κ1) is 15.3. The number of carbonyl (C=O) groups is 2. The van der Waals surface area contributed by atoms with Crippen LogP contribution in [0.3, 0.4) is 0 Å². The maximum Gasteiger partial charge on any atom is 0.338 e. The van der Waals surface area contributed by atoms with Crippen LogP contribution in [0.5, 0.6) is 5.75 Å². The van der Waals surface area contributed by atoms with Gasteiger partial charge in [-0.05, 0) is 44.0 Å². The predicted molar refractivity (Wildman–Crippen MR) is 75.0 cm³/mol. The highest BCUT2D eigenvalue weighted by molar-refractivity contribution is 5.92. The molecule has 1 saturated heterocycles. The number of hydrogen-bond acceptors (Lipinski definition) is 5. The van der Waals surface area contributed by atoms with Crippen molar-refractivity contribution in [2.45, 2.75) is 32.0 Å². The molecule has 2 atom stereocenters. The van der Waals surface area contributed by atoms with Crippen molar-refractivity contribution in [1.82, 2.24) is 0 Å². The van der Waals surface area contributed by atoms with Crippen LogP contribution in [0.15, 0.2) is 24.3 Å². The molecule has 1 aromatic carbocycles. The first-order valence-electron chi connectivity index (χ1n) is 6.91. The topological polar surface area (TPSA) is 87.8 Å². The zero-order chi connectivity index (χ0) is 15.2. The van der Waals surface area contributed by atoms with Crippen LogP contribution in [0.4, 0.5) is 0 Å². The van der Waals surface area contributed by atoms with E-state index in [0.29, 0.717) is 17.9 Å². The average molecular weight is 293 g/mol. The van der Waals surface area contributed by atoms with Crippen molar-refractivity contribution in [2.24, 2.45) is 5.73 Å². The van der Waals surface area contributed by atoms with Gasteiger partial charge in [0.05, 0.1) is 11.7 Å². The molecular formula is C15H19NO5. The van der Waals surface area contributed by atoms with Crippen LogP contribution in [0.1, 0.15) is 30.1 Å². The zero-order valence-electron chi connectivity index (χ0n) is 11.9. The molecule has 1 aliphatic heterocycles. The van der Waals surface area contributed by atoms with Gasteiger partial charge >= 0.3 is 5.97 Å². The van der Waals surface area contributed by atoms with E-state index in [-0.39, 0.29) is 6.10 Å². The van der Waals surface area contributed by atoms with Gasteiger partial charge in [-0.15, -0.1) is 0 Å². The summed E-state index contributed by atoms with van der Waals surface area (Å²) in [6.07, 6.45) is 1.27.